The van der Waals surface area contributed by atoms with Crippen molar-refractivity contribution in [2.45, 2.75) is 12.5 Å². The van der Waals surface area contributed by atoms with Crippen molar-refractivity contribution < 1.29 is 38.4 Å². The molecule has 1 atom stereocenters. The summed E-state index contributed by atoms with van der Waals surface area (Å²) in [5.41, 5.74) is 1.00. The molecule has 0 spiro atoms. The second-order valence-electron chi connectivity index (χ2n) is 7.23. The first-order valence-corrected chi connectivity index (χ1v) is 11.7. The van der Waals surface area contributed by atoms with E-state index in [9.17, 15) is 19.5 Å². The summed E-state index contributed by atoms with van der Waals surface area (Å²) in [4.78, 5) is 36.1. The Kier molecular flexibility index (Phi) is 8.42. The molecule has 1 heterocycles. The summed E-state index contributed by atoms with van der Waals surface area (Å²) in [6, 6.07) is 8.82. The molecular weight excluding hydrogens is 462 g/mol. The predicted molar refractivity (Wildman–Crippen MR) is 127 cm³/mol. The summed E-state index contributed by atoms with van der Waals surface area (Å²) in [5, 5.41) is 11.7. The molecule has 9 nitrogen and oxygen atoms in total. The molecule has 0 fully saturated rings. The number of carbonyl (C=O) groups is 3. The van der Waals surface area contributed by atoms with Crippen molar-refractivity contribution in [1.29, 1.82) is 0 Å². The van der Waals surface area contributed by atoms with Crippen LogP contribution in [-0.4, -0.2) is 61.6 Å². The molecular formula is C24H25NO8S. The summed E-state index contributed by atoms with van der Waals surface area (Å²) in [6.45, 7) is -0.373. The van der Waals surface area contributed by atoms with Crippen LogP contribution < -0.4 is 24.3 Å². The first-order chi connectivity index (χ1) is 16.4. The van der Waals surface area contributed by atoms with Gasteiger partial charge in [0, 0.05) is 17.7 Å². The molecule has 2 N–H and O–H groups in total. The van der Waals surface area contributed by atoms with Crippen LogP contribution in [0.3, 0.4) is 0 Å². The van der Waals surface area contributed by atoms with Crippen molar-refractivity contribution in [2.75, 3.05) is 32.8 Å². The van der Waals surface area contributed by atoms with Crippen molar-refractivity contribution >= 4 is 35.5 Å². The monoisotopic (exact) mass is 487 g/mol. The van der Waals surface area contributed by atoms with Gasteiger partial charge in [0.2, 0.25) is 5.78 Å². The van der Waals surface area contributed by atoms with Gasteiger partial charge in [-0.1, -0.05) is 0 Å². The molecule has 0 aliphatic carbocycles. The number of thioether (sulfide) groups is 1. The van der Waals surface area contributed by atoms with E-state index in [-0.39, 0.29) is 18.1 Å². The highest BCUT2D eigenvalue weighted by Gasteiger charge is 2.28. The number of Topliss-reactive ketones (excluding diaryl/α,β-unsaturated/α-hetero) is 1. The summed E-state index contributed by atoms with van der Waals surface area (Å²) in [5.74, 6) is 0.509. The molecule has 34 heavy (non-hydrogen) atoms. The van der Waals surface area contributed by atoms with Gasteiger partial charge in [0.1, 0.15) is 29.0 Å². The number of hydrogen-bond acceptors (Lipinski definition) is 8. The van der Waals surface area contributed by atoms with Crippen LogP contribution in [0.1, 0.15) is 22.3 Å². The Balaban J connectivity index is 1.67. The highest BCUT2D eigenvalue weighted by Crippen LogP contribution is 2.36. The van der Waals surface area contributed by atoms with E-state index in [0.29, 0.717) is 46.3 Å². The Morgan fingerprint density at radius 2 is 1.91 bits per heavy atom. The molecule has 0 saturated heterocycles. The van der Waals surface area contributed by atoms with Gasteiger partial charge in [-0.25, -0.2) is 4.79 Å². The Morgan fingerprint density at radius 1 is 1.15 bits per heavy atom. The number of allylic oxidation sites excluding steroid dienone is 1. The summed E-state index contributed by atoms with van der Waals surface area (Å²) >= 11 is 1.50. The third-order valence-electron chi connectivity index (χ3n) is 4.98. The average molecular weight is 488 g/mol. The van der Waals surface area contributed by atoms with Crippen molar-refractivity contribution in [3.8, 4) is 23.0 Å². The van der Waals surface area contributed by atoms with Gasteiger partial charge in [-0.3, -0.25) is 9.59 Å². The topological polar surface area (TPSA) is 120 Å². The number of methoxy groups -OCH3 is 2. The molecule has 180 valence electrons. The number of ether oxygens (including phenoxy) is 4. The van der Waals surface area contributed by atoms with Crippen LogP contribution in [0.2, 0.25) is 0 Å². The zero-order valence-electron chi connectivity index (χ0n) is 19.0. The largest absolute Gasteiger partial charge is 0.497 e. The molecule has 2 aromatic rings. The van der Waals surface area contributed by atoms with Gasteiger partial charge >= 0.3 is 5.97 Å². The minimum absolute atomic E-state index is 0.117. The minimum Gasteiger partial charge on any atom is -0.497 e. The van der Waals surface area contributed by atoms with Gasteiger partial charge in [0.15, 0.2) is 12.4 Å². The van der Waals surface area contributed by atoms with E-state index in [0.717, 1.165) is 0 Å². The fourth-order valence-electron chi connectivity index (χ4n) is 3.21. The molecule has 0 bridgehead atoms. The number of fused-ring (bicyclic) bond motifs is 1. The van der Waals surface area contributed by atoms with Crippen LogP contribution in [-0.2, 0) is 9.59 Å². The Morgan fingerprint density at radius 3 is 2.59 bits per heavy atom. The summed E-state index contributed by atoms with van der Waals surface area (Å²) in [7, 11) is 3.07. The number of aliphatic carboxylic acids is 1. The van der Waals surface area contributed by atoms with Crippen LogP contribution in [0.4, 0.5) is 0 Å². The molecule has 2 aromatic carbocycles. The molecule has 0 unspecified atom stereocenters. The minimum atomic E-state index is -1.10. The van der Waals surface area contributed by atoms with E-state index in [1.807, 2.05) is 6.26 Å². The molecule has 1 amide bonds. The van der Waals surface area contributed by atoms with E-state index < -0.39 is 17.9 Å². The number of carboxylic acids is 1. The van der Waals surface area contributed by atoms with Crippen molar-refractivity contribution in [3.63, 3.8) is 0 Å². The average Bonchev–Trinajstić information content (AvgIpc) is 3.14. The van der Waals surface area contributed by atoms with Crippen molar-refractivity contribution in [1.82, 2.24) is 5.32 Å². The molecule has 1 aliphatic rings. The number of benzene rings is 2. The molecule has 0 radical (unpaired) electrons. The number of rotatable bonds is 11. The third kappa shape index (κ3) is 6.02. The first kappa shape index (κ1) is 25.0. The van der Waals surface area contributed by atoms with Gasteiger partial charge in [0.05, 0.1) is 19.8 Å². The molecule has 0 aromatic heterocycles. The van der Waals surface area contributed by atoms with Crippen LogP contribution in [0.5, 0.6) is 23.0 Å². The fourth-order valence-corrected chi connectivity index (χ4v) is 3.69. The van der Waals surface area contributed by atoms with Crippen LogP contribution in [0, 0.1) is 0 Å². The van der Waals surface area contributed by atoms with Crippen LogP contribution >= 0.6 is 11.8 Å². The van der Waals surface area contributed by atoms with Crippen LogP contribution in [0.25, 0.3) is 6.08 Å². The zero-order valence-corrected chi connectivity index (χ0v) is 19.8. The van der Waals surface area contributed by atoms with Crippen LogP contribution in [0.15, 0.2) is 42.2 Å². The molecule has 1 aliphatic heterocycles. The normalized spacial score (nSPS) is 14.2. The standard InChI is InChI=1S/C24H25NO8S/c1-30-15-5-4-14(19(11-15)31-2)10-21-23(27)17-7-6-16(12-20(17)33-21)32-13-22(26)25-18(24(28)29)8-9-34-3/h4-7,10-12,18H,8-9,13H2,1-3H3,(H,25,26)(H,28,29)/b21-10-/t18-/m0/s1. The lowest BCUT2D eigenvalue weighted by Crippen LogP contribution is -2.43. The lowest BCUT2D eigenvalue weighted by molar-refractivity contribution is -0.142. The number of amides is 1. The predicted octanol–water partition coefficient (Wildman–Crippen LogP) is 3.02. The number of ketones is 1. The van der Waals surface area contributed by atoms with E-state index in [1.54, 1.807) is 43.5 Å². The number of carbonyl (C=O) groups excluding carboxylic acids is 2. The smallest absolute Gasteiger partial charge is 0.326 e. The SMILES string of the molecule is COc1ccc(/C=C2\Oc3cc(OCC(=O)N[C@@H](CCSC)C(=O)O)ccc3C2=O)c(OC)c1. The Hall–Kier alpha value is -3.66. The van der Waals surface area contributed by atoms with Gasteiger partial charge in [-0.05, 0) is 48.8 Å². The Labute approximate surface area is 201 Å². The second-order valence-corrected chi connectivity index (χ2v) is 8.22. The van der Waals surface area contributed by atoms with Gasteiger partial charge < -0.3 is 29.4 Å². The fraction of sp³-hybridized carbons (Fsp3) is 0.292. The lowest BCUT2D eigenvalue weighted by Gasteiger charge is -2.14. The highest BCUT2D eigenvalue weighted by atomic mass is 32.2. The van der Waals surface area contributed by atoms with Gasteiger partial charge in [0.25, 0.3) is 5.91 Å². The van der Waals surface area contributed by atoms with E-state index >= 15 is 0 Å². The maximum atomic E-state index is 12.8. The van der Waals surface area contributed by atoms with Gasteiger partial charge in [-0.2, -0.15) is 11.8 Å². The second kappa shape index (κ2) is 11.5. The molecule has 3 rings (SSSR count). The van der Waals surface area contributed by atoms with E-state index in [1.165, 1.54) is 24.9 Å². The quantitative estimate of drug-likeness (QED) is 0.461. The number of hydrogen-bond donors (Lipinski definition) is 2. The van der Waals surface area contributed by atoms with Crippen molar-refractivity contribution in [2.24, 2.45) is 0 Å². The molecule has 0 saturated carbocycles. The highest BCUT2D eigenvalue weighted by molar-refractivity contribution is 7.98. The van der Waals surface area contributed by atoms with E-state index in [2.05, 4.69) is 5.32 Å². The molecule has 10 heteroatoms. The lowest BCUT2D eigenvalue weighted by atomic mass is 10.1. The van der Waals surface area contributed by atoms with Gasteiger partial charge in [-0.15, -0.1) is 0 Å². The first-order valence-electron chi connectivity index (χ1n) is 10.3. The maximum Gasteiger partial charge on any atom is 0.326 e. The summed E-state index contributed by atoms with van der Waals surface area (Å²) < 4.78 is 21.8. The Bertz CT molecular complexity index is 1110. The van der Waals surface area contributed by atoms with Crippen molar-refractivity contribution in [3.05, 3.63) is 53.3 Å². The third-order valence-corrected chi connectivity index (χ3v) is 5.63. The number of carboxylic acid groups (broad SMARTS) is 1. The number of nitrogens with one attached hydrogen (secondary N) is 1. The zero-order chi connectivity index (χ0) is 24.7. The van der Waals surface area contributed by atoms with E-state index in [4.69, 9.17) is 18.9 Å². The maximum absolute atomic E-state index is 12.8. The summed E-state index contributed by atoms with van der Waals surface area (Å²) in [6.07, 6.45) is 3.75.